The van der Waals surface area contributed by atoms with Gasteiger partial charge < -0.3 is 9.47 Å². The Morgan fingerprint density at radius 2 is 0.772 bits per heavy atom. The van der Waals surface area contributed by atoms with E-state index in [2.05, 4.69) is 71.0 Å². The third kappa shape index (κ3) is 27.8. The lowest BCUT2D eigenvalue weighted by Crippen LogP contribution is -2.61. The van der Waals surface area contributed by atoms with E-state index in [0.29, 0.717) is 86.9 Å². The fourth-order valence-corrected chi connectivity index (χ4v) is 22.0. The molecule has 0 amide bonds. The number of morpholine rings is 2. The molecule has 0 aromatic rings. The molecule has 1 N–H and O–H groups in total. The molecule has 92 heavy (non-hydrogen) atoms. The predicted octanol–water partition coefficient (Wildman–Crippen LogP) is 6.19. The Kier molecular flexibility index (Phi) is 35.5. The molecule has 2 spiro atoms. The summed E-state index contributed by atoms with van der Waals surface area (Å²) in [4.78, 5) is 7.54. The van der Waals surface area contributed by atoms with Crippen LogP contribution < -0.4 is 4.72 Å². The molecular formula is C62H130N10O14S6. The summed E-state index contributed by atoms with van der Waals surface area (Å²) in [6, 6.07) is 3.01. The molecule has 2 saturated carbocycles. The molecular weight excluding hydrogens is 1300 g/mol. The molecule has 9 aliphatic heterocycles. The van der Waals surface area contributed by atoms with Crippen molar-refractivity contribution in [1.82, 2.24) is 45.3 Å². The molecule has 9 saturated heterocycles. The summed E-state index contributed by atoms with van der Waals surface area (Å²) >= 11 is 0. The quantitative estimate of drug-likeness (QED) is 0.253. The number of nitrogens with zero attached hydrogens (tertiary/aromatic N) is 9. The van der Waals surface area contributed by atoms with E-state index in [0.717, 1.165) is 102 Å². The molecule has 11 aliphatic rings. The number of hydrogen-bond donors (Lipinski definition) is 1. The minimum Gasteiger partial charge on any atom is -0.379 e. The molecule has 2 aliphatic carbocycles. The molecule has 9 heterocycles. The number of likely N-dealkylation sites (tertiary alicyclic amines) is 1. The first kappa shape index (κ1) is 85.5. The van der Waals surface area contributed by atoms with Crippen molar-refractivity contribution in [1.29, 1.82) is 0 Å². The van der Waals surface area contributed by atoms with Crippen LogP contribution in [0.3, 0.4) is 0 Å². The molecule has 30 heteroatoms. The van der Waals surface area contributed by atoms with Crippen LogP contribution in [0.2, 0.25) is 0 Å². The monoisotopic (exact) mass is 1430 g/mol. The van der Waals surface area contributed by atoms with E-state index >= 15 is 0 Å². The Balaban J connectivity index is 0.000000270. The largest absolute Gasteiger partial charge is 0.379 e. The molecule has 0 aromatic carbocycles. The van der Waals surface area contributed by atoms with Gasteiger partial charge in [-0.1, -0.05) is 6.42 Å². The van der Waals surface area contributed by atoms with Gasteiger partial charge in [0, 0.05) is 155 Å². The maximum atomic E-state index is 11.3. The van der Waals surface area contributed by atoms with Crippen LogP contribution in [0.5, 0.6) is 0 Å². The lowest BCUT2D eigenvalue weighted by atomic mass is 9.63. The number of nitrogens with one attached hydrogen (secondary N) is 1. The molecule has 11 rings (SSSR count). The summed E-state index contributed by atoms with van der Waals surface area (Å²) in [7, 11) is -16.9. The van der Waals surface area contributed by atoms with Crippen molar-refractivity contribution < 1.29 is 60.0 Å². The van der Waals surface area contributed by atoms with Gasteiger partial charge in [-0.2, -0.15) is 38.4 Å². The highest BCUT2D eigenvalue weighted by molar-refractivity contribution is 7.99. The highest BCUT2D eigenvalue weighted by Crippen LogP contribution is 2.48. The fraction of sp³-hybridized carbons (Fsp3) is 0.984. The van der Waals surface area contributed by atoms with Crippen LogP contribution in [0.15, 0.2) is 0 Å². The van der Waals surface area contributed by atoms with Crippen molar-refractivity contribution >= 4 is 66.2 Å². The SMILES string of the molecule is C=S1(=O)CCN1C(C)C.CC(C)N1CC2(CCC2)C1.CC(C)N1CCCCS1(=O)=O.CC(C)N1CCCCS1(=O)=O.CC(C)N1CCCNS1(=O)=O.CC(C)N1CCCS1(=O)=O.CC(C)N1CCOC2(CC2)C1.CC(C)N1CCOCC1.CC(C)N1CCOS1(=O)=O. The molecule has 548 valence electrons. The van der Waals surface area contributed by atoms with Gasteiger partial charge in [0.1, 0.15) is 0 Å². The van der Waals surface area contributed by atoms with E-state index in [4.69, 9.17) is 9.47 Å². The van der Waals surface area contributed by atoms with Crippen molar-refractivity contribution in [3.05, 3.63) is 0 Å². The smallest absolute Gasteiger partial charge is 0.338 e. The second-order valence-electron chi connectivity index (χ2n) is 28.7. The van der Waals surface area contributed by atoms with E-state index in [1.54, 1.807) is 12.9 Å². The highest BCUT2D eigenvalue weighted by Gasteiger charge is 2.48. The molecule has 11 fully saturated rings. The second kappa shape index (κ2) is 38.2. The summed E-state index contributed by atoms with van der Waals surface area (Å²) in [6.07, 6.45) is 12.5. The van der Waals surface area contributed by atoms with Crippen molar-refractivity contribution in [2.75, 3.05) is 135 Å². The summed E-state index contributed by atoms with van der Waals surface area (Å²) in [6.45, 7) is 51.7. The molecule has 24 nitrogen and oxygen atoms in total. The van der Waals surface area contributed by atoms with Crippen LogP contribution in [0, 0.1) is 5.41 Å². The predicted molar refractivity (Wildman–Crippen MR) is 377 cm³/mol. The Hall–Kier alpha value is -0.750. The third-order valence-corrected chi connectivity index (χ3v) is 30.3. The first-order chi connectivity index (χ1) is 42.5. The van der Waals surface area contributed by atoms with Crippen LogP contribution in [0.25, 0.3) is 0 Å². The highest BCUT2D eigenvalue weighted by atomic mass is 32.2. The summed E-state index contributed by atoms with van der Waals surface area (Å²) in [5, 5.41) is 0. The maximum absolute atomic E-state index is 11.3. The normalized spacial score (nSPS) is 27.6. The minimum absolute atomic E-state index is 0.00694. The van der Waals surface area contributed by atoms with Crippen LogP contribution in [0.1, 0.15) is 195 Å². The maximum Gasteiger partial charge on any atom is 0.338 e. The van der Waals surface area contributed by atoms with Gasteiger partial charge >= 0.3 is 10.3 Å². The average Bonchev–Trinajstić information content (AvgIpc) is 0.804. The van der Waals surface area contributed by atoms with Gasteiger partial charge in [0.05, 0.1) is 49.3 Å². The number of sulfonamides is 3. The lowest BCUT2D eigenvalue weighted by molar-refractivity contribution is -0.0758. The van der Waals surface area contributed by atoms with Gasteiger partial charge in [0.15, 0.2) is 0 Å². The van der Waals surface area contributed by atoms with Gasteiger partial charge in [-0.25, -0.2) is 34.3 Å². The Bertz CT molecular complexity index is 2670. The van der Waals surface area contributed by atoms with E-state index in [-0.39, 0.29) is 30.2 Å². The van der Waals surface area contributed by atoms with Crippen LogP contribution in [-0.2, 0) is 73.9 Å². The van der Waals surface area contributed by atoms with Crippen LogP contribution in [0.4, 0.5) is 0 Å². The number of rotatable bonds is 9. The molecule has 0 aromatic heterocycles. The molecule has 1 atom stereocenters. The van der Waals surface area contributed by atoms with Crippen molar-refractivity contribution in [3.8, 4) is 0 Å². The van der Waals surface area contributed by atoms with Crippen LogP contribution >= 0.6 is 0 Å². The number of hydrogen-bond acceptors (Lipinski definition) is 17. The molecule has 1 unspecified atom stereocenters. The first-order valence-electron chi connectivity index (χ1n) is 34.4. The van der Waals surface area contributed by atoms with Gasteiger partial charge in [0.2, 0.25) is 30.1 Å². The molecule has 0 bridgehead atoms. The third-order valence-electron chi connectivity index (χ3n) is 18.2. The van der Waals surface area contributed by atoms with E-state index in [9.17, 15) is 46.3 Å². The van der Waals surface area contributed by atoms with E-state index < -0.39 is 60.3 Å². The number of ether oxygens (including phenoxy) is 2. The lowest BCUT2D eigenvalue weighted by Gasteiger charge is -2.57. The fourth-order valence-electron chi connectivity index (χ4n) is 12.2. The Morgan fingerprint density at radius 1 is 0.359 bits per heavy atom. The zero-order valence-electron chi connectivity index (χ0n) is 60.2. The van der Waals surface area contributed by atoms with Crippen molar-refractivity contribution in [2.45, 2.75) is 255 Å². The van der Waals surface area contributed by atoms with Crippen LogP contribution in [-0.4, -0.2) is 287 Å². The zero-order chi connectivity index (χ0) is 69.8. The van der Waals surface area contributed by atoms with Crippen molar-refractivity contribution in [2.24, 2.45) is 5.41 Å². The van der Waals surface area contributed by atoms with Gasteiger partial charge in [-0.05, 0) is 200 Å². The van der Waals surface area contributed by atoms with E-state index in [1.807, 2.05) is 87.4 Å². The Labute approximate surface area is 563 Å². The van der Waals surface area contributed by atoms with Crippen molar-refractivity contribution in [3.63, 3.8) is 0 Å². The van der Waals surface area contributed by atoms with E-state index in [1.165, 1.54) is 60.3 Å². The second-order valence-corrected chi connectivity index (χ2v) is 40.5. The zero-order valence-corrected chi connectivity index (χ0v) is 65.1. The standard InChI is InChI=1S/C9H17NO.C9H17N.2C7H15NO2S.C7H15NO.C6H14N2O2S.C6H13NO2S.C6H13NOS.C5H11NO3S/c1-8(2)10-5-6-11-9(7-10)3-4-9;1-8(2)10-6-9(7-10)4-3-5-9;2*1-7(2)8-5-3-4-6-11(8,9)10;1-7(2)8-3-5-9-6-4-8;1-6(2)8-5-3-4-7-11(8,9)10;1-6(2)7-4-3-5-10(7,8)9;1-6(2)7-4-5-9(7,3)8;1-5(2)6-3-4-9-10(6,7)8/h8H,3-7H2,1-2H3;8H,3-7H2,1-2H3;2*7H,3-6H2,1-2H3;7H,3-6H2,1-2H3;6-7H,3-5H2,1-2H3;6H,3-5H2,1-2H3;6H,3-5H2,1-2H3;5H,3-4H2,1-2H3. The summed E-state index contributed by atoms with van der Waals surface area (Å²) in [5.41, 5.74) is 1.13. The average molecular weight is 1430 g/mol. The first-order valence-corrected chi connectivity index (χ1v) is 43.9. The Morgan fingerprint density at radius 3 is 1.02 bits per heavy atom. The summed E-state index contributed by atoms with van der Waals surface area (Å²) < 4.78 is 151. The molecule has 0 radical (unpaired) electrons. The topological polar surface area (TPSA) is 257 Å². The van der Waals surface area contributed by atoms with Gasteiger partial charge in [0.25, 0.3) is 10.2 Å². The summed E-state index contributed by atoms with van der Waals surface area (Å²) in [5.74, 6) is 5.43. The van der Waals surface area contributed by atoms with Gasteiger partial charge in [-0.3, -0.25) is 23.1 Å². The minimum atomic E-state index is -3.35. The van der Waals surface area contributed by atoms with Gasteiger partial charge in [-0.15, -0.1) is 0 Å².